The van der Waals surface area contributed by atoms with Gasteiger partial charge in [0.15, 0.2) is 0 Å². The molecule has 1 fully saturated rings. The number of hydrogen-bond acceptors (Lipinski definition) is 5. The van der Waals surface area contributed by atoms with Crippen molar-refractivity contribution in [3.8, 4) is 6.07 Å². The molecule has 0 spiro atoms. The third-order valence-corrected chi connectivity index (χ3v) is 6.47. The summed E-state index contributed by atoms with van der Waals surface area (Å²) in [5.74, 6) is 0.864. The summed E-state index contributed by atoms with van der Waals surface area (Å²) in [6, 6.07) is 10.2. The lowest BCUT2D eigenvalue weighted by Gasteiger charge is -2.43. The summed E-state index contributed by atoms with van der Waals surface area (Å²) >= 11 is 0. The van der Waals surface area contributed by atoms with Crippen molar-refractivity contribution in [1.82, 2.24) is 29.5 Å². The normalized spacial score (nSPS) is 20.5. The average molecular weight is 418 g/mol. The molecule has 2 aliphatic rings. The van der Waals surface area contributed by atoms with E-state index in [9.17, 15) is 4.79 Å². The number of fused-ring (bicyclic) bond motifs is 4. The molecule has 3 aromatic rings. The maximum atomic E-state index is 13.3. The molecular formula is C23H27N7O. The largest absolute Gasteiger partial charge is 0.353 e. The number of aromatic nitrogens is 4. The first-order valence-electron chi connectivity index (χ1n) is 10.8. The van der Waals surface area contributed by atoms with Crippen LogP contribution in [0, 0.1) is 17.2 Å². The fourth-order valence-corrected chi connectivity index (χ4v) is 5.20. The summed E-state index contributed by atoms with van der Waals surface area (Å²) in [7, 11) is 2.02. The van der Waals surface area contributed by atoms with E-state index in [0.29, 0.717) is 24.1 Å². The Morgan fingerprint density at radius 1 is 1.26 bits per heavy atom. The standard InChI is InChI=1S/C23H27N7O/c1-28(15-20-4-5-26-27-20)13-18-2-3-22-19-6-17(12-30(22)23(18)31)11-29(14-19)10-16-7-21(8-24)25-9-16/h2-5,7,9,17,19,25H,6,10-15H2,1H3,(H,26,27)/t17-,19+/m0/s1. The lowest BCUT2D eigenvalue weighted by molar-refractivity contribution is 0.114. The molecule has 160 valence electrons. The molecule has 1 saturated heterocycles. The highest BCUT2D eigenvalue weighted by atomic mass is 16.1. The van der Waals surface area contributed by atoms with Crippen molar-refractivity contribution in [3.05, 3.63) is 75.2 Å². The van der Waals surface area contributed by atoms with Gasteiger partial charge in [0.25, 0.3) is 5.56 Å². The molecule has 2 aliphatic heterocycles. The molecule has 5 rings (SSSR count). The third kappa shape index (κ3) is 4.07. The fourth-order valence-electron chi connectivity index (χ4n) is 5.20. The van der Waals surface area contributed by atoms with Crippen molar-refractivity contribution in [3.63, 3.8) is 0 Å². The number of likely N-dealkylation sites (tertiary alicyclic amines) is 1. The first kappa shape index (κ1) is 19.8. The first-order chi connectivity index (χ1) is 15.1. The highest BCUT2D eigenvalue weighted by molar-refractivity contribution is 5.27. The number of pyridine rings is 1. The zero-order valence-electron chi connectivity index (χ0n) is 17.7. The molecule has 0 saturated carbocycles. The van der Waals surface area contributed by atoms with Gasteiger partial charge in [-0.2, -0.15) is 10.4 Å². The number of H-pyrrole nitrogens is 2. The van der Waals surface area contributed by atoms with Crippen LogP contribution in [-0.2, 0) is 26.2 Å². The number of piperidine rings is 1. The molecule has 3 aromatic heterocycles. The van der Waals surface area contributed by atoms with Crippen molar-refractivity contribution in [2.75, 3.05) is 20.1 Å². The number of hydrogen-bond donors (Lipinski definition) is 2. The Morgan fingerprint density at radius 2 is 2.16 bits per heavy atom. The molecular weight excluding hydrogens is 390 g/mol. The highest BCUT2D eigenvalue weighted by Crippen LogP contribution is 2.35. The number of nitriles is 1. The molecule has 2 bridgehead atoms. The second kappa shape index (κ2) is 8.17. The quantitative estimate of drug-likeness (QED) is 0.640. The SMILES string of the molecule is CN(Cc1ccn[nH]1)Cc1ccc2n(c1=O)C[C@H]1C[C@@H]2CN(Cc2c[nH]c(C#N)c2)C1. The van der Waals surface area contributed by atoms with Gasteiger partial charge in [-0.05, 0) is 43.1 Å². The van der Waals surface area contributed by atoms with E-state index < -0.39 is 0 Å². The summed E-state index contributed by atoms with van der Waals surface area (Å²) in [6.07, 6.45) is 4.82. The molecule has 0 aliphatic carbocycles. The van der Waals surface area contributed by atoms with Gasteiger partial charge < -0.3 is 9.55 Å². The van der Waals surface area contributed by atoms with Crippen LogP contribution in [0.2, 0.25) is 0 Å². The summed E-state index contributed by atoms with van der Waals surface area (Å²) in [6.45, 7) is 4.91. The van der Waals surface area contributed by atoms with E-state index in [4.69, 9.17) is 5.26 Å². The number of nitrogens with one attached hydrogen (secondary N) is 2. The van der Waals surface area contributed by atoms with Crippen LogP contribution in [0.1, 0.15) is 40.5 Å². The van der Waals surface area contributed by atoms with Gasteiger partial charge in [0.05, 0.1) is 0 Å². The molecule has 0 unspecified atom stereocenters. The molecule has 8 nitrogen and oxygen atoms in total. The minimum absolute atomic E-state index is 0.154. The second-order valence-electron chi connectivity index (χ2n) is 8.98. The predicted octanol–water partition coefficient (Wildman–Crippen LogP) is 2.02. The van der Waals surface area contributed by atoms with Crippen LogP contribution < -0.4 is 5.56 Å². The monoisotopic (exact) mass is 417 g/mol. The van der Waals surface area contributed by atoms with Gasteiger partial charge in [0, 0.05) is 74.5 Å². The van der Waals surface area contributed by atoms with E-state index >= 15 is 0 Å². The average Bonchev–Trinajstić information content (AvgIpc) is 3.42. The minimum Gasteiger partial charge on any atom is -0.353 e. The van der Waals surface area contributed by atoms with Crippen LogP contribution in [0.4, 0.5) is 0 Å². The van der Waals surface area contributed by atoms with Crippen LogP contribution in [0.25, 0.3) is 0 Å². The Balaban J connectivity index is 1.30. The van der Waals surface area contributed by atoms with Gasteiger partial charge in [-0.1, -0.05) is 6.07 Å². The van der Waals surface area contributed by atoms with Crippen molar-refractivity contribution in [2.24, 2.45) is 5.92 Å². The van der Waals surface area contributed by atoms with Gasteiger partial charge in [-0.3, -0.25) is 19.7 Å². The van der Waals surface area contributed by atoms with Gasteiger partial charge in [0.1, 0.15) is 11.8 Å². The van der Waals surface area contributed by atoms with Crippen LogP contribution in [-0.4, -0.2) is 49.7 Å². The Bertz CT molecular complexity index is 1150. The van der Waals surface area contributed by atoms with E-state index in [1.165, 1.54) is 0 Å². The Hall–Kier alpha value is -3.15. The Morgan fingerprint density at radius 3 is 2.94 bits per heavy atom. The van der Waals surface area contributed by atoms with Gasteiger partial charge >= 0.3 is 0 Å². The highest BCUT2D eigenvalue weighted by Gasteiger charge is 2.35. The fraction of sp³-hybridized carbons (Fsp3) is 0.435. The molecule has 8 heteroatoms. The van der Waals surface area contributed by atoms with Gasteiger partial charge in [0.2, 0.25) is 0 Å². The van der Waals surface area contributed by atoms with Crippen LogP contribution in [0.15, 0.2) is 41.5 Å². The van der Waals surface area contributed by atoms with Gasteiger partial charge in [-0.15, -0.1) is 0 Å². The molecule has 0 aromatic carbocycles. The number of aromatic amines is 2. The first-order valence-corrected chi connectivity index (χ1v) is 10.8. The minimum atomic E-state index is 0.154. The van der Waals surface area contributed by atoms with Crippen LogP contribution in [0.5, 0.6) is 0 Å². The predicted molar refractivity (Wildman–Crippen MR) is 116 cm³/mol. The topological polar surface area (TPSA) is 96.7 Å². The number of nitrogens with zero attached hydrogens (tertiary/aromatic N) is 5. The molecule has 0 amide bonds. The zero-order valence-corrected chi connectivity index (χ0v) is 17.7. The van der Waals surface area contributed by atoms with E-state index in [-0.39, 0.29) is 5.56 Å². The summed E-state index contributed by atoms with van der Waals surface area (Å²) < 4.78 is 2.03. The Labute approximate surface area is 181 Å². The van der Waals surface area contributed by atoms with Crippen molar-refractivity contribution >= 4 is 0 Å². The van der Waals surface area contributed by atoms with E-state index in [2.05, 4.69) is 37.1 Å². The van der Waals surface area contributed by atoms with E-state index in [1.807, 2.05) is 36.0 Å². The van der Waals surface area contributed by atoms with E-state index in [1.54, 1.807) is 6.20 Å². The summed E-state index contributed by atoms with van der Waals surface area (Å²) in [5.41, 5.74) is 4.95. The summed E-state index contributed by atoms with van der Waals surface area (Å²) in [4.78, 5) is 20.9. The van der Waals surface area contributed by atoms with E-state index in [0.717, 1.165) is 61.7 Å². The van der Waals surface area contributed by atoms with Crippen LogP contribution in [0.3, 0.4) is 0 Å². The molecule has 2 atom stereocenters. The lowest BCUT2D eigenvalue weighted by Crippen LogP contribution is -2.47. The van der Waals surface area contributed by atoms with Crippen molar-refractivity contribution < 1.29 is 0 Å². The lowest BCUT2D eigenvalue weighted by atomic mass is 9.83. The van der Waals surface area contributed by atoms with Crippen molar-refractivity contribution in [1.29, 1.82) is 5.26 Å². The van der Waals surface area contributed by atoms with Gasteiger partial charge in [-0.25, -0.2) is 0 Å². The molecule has 31 heavy (non-hydrogen) atoms. The van der Waals surface area contributed by atoms with Crippen molar-refractivity contribution in [2.45, 2.75) is 38.5 Å². The second-order valence-corrected chi connectivity index (χ2v) is 8.98. The molecule has 5 heterocycles. The third-order valence-electron chi connectivity index (χ3n) is 6.47. The Kier molecular flexibility index (Phi) is 5.22. The zero-order chi connectivity index (χ0) is 21.4. The molecule has 2 N–H and O–H groups in total. The number of rotatable bonds is 6. The maximum Gasteiger partial charge on any atom is 0.255 e. The molecule has 0 radical (unpaired) electrons. The van der Waals surface area contributed by atoms with Crippen LogP contribution >= 0.6 is 0 Å². The maximum absolute atomic E-state index is 13.3. The smallest absolute Gasteiger partial charge is 0.255 e. The summed E-state index contributed by atoms with van der Waals surface area (Å²) in [5, 5.41) is 16.0.